The minimum Gasteiger partial charge on any atom is -0.490 e. The zero-order valence-corrected chi connectivity index (χ0v) is 19.5. The van der Waals surface area contributed by atoms with Gasteiger partial charge >= 0.3 is 6.36 Å². The van der Waals surface area contributed by atoms with Crippen molar-refractivity contribution < 1.29 is 22.6 Å². The number of ether oxygens (including phenoxy) is 2. The van der Waals surface area contributed by atoms with Gasteiger partial charge in [-0.1, -0.05) is 75.4 Å². The highest BCUT2D eigenvalue weighted by Crippen LogP contribution is 2.23. The lowest BCUT2D eigenvalue weighted by molar-refractivity contribution is -0.274. The topological polar surface area (TPSA) is 44.2 Å². The summed E-state index contributed by atoms with van der Waals surface area (Å²) in [6.45, 7) is 2.90. The molecule has 1 heterocycles. The minimum absolute atomic E-state index is 0.209. The normalized spacial score (nSPS) is 11.4. The maximum absolute atomic E-state index is 12.3. The van der Waals surface area contributed by atoms with Crippen LogP contribution in [0.15, 0.2) is 60.9 Å². The van der Waals surface area contributed by atoms with Crippen LogP contribution < -0.4 is 9.47 Å². The molecular weight excluding hydrogens is 441 g/mol. The van der Waals surface area contributed by atoms with Gasteiger partial charge in [0.25, 0.3) is 0 Å². The predicted molar refractivity (Wildman–Crippen MR) is 127 cm³/mol. The Kier molecular flexibility index (Phi) is 9.74. The van der Waals surface area contributed by atoms with Crippen LogP contribution in [0.4, 0.5) is 13.2 Å². The summed E-state index contributed by atoms with van der Waals surface area (Å²) in [5.41, 5.74) is 2.98. The van der Waals surface area contributed by atoms with Crippen LogP contribution in [-0.2, 0) is 12.8 Å². The van der Waals surface area contributed by atoms with Crippen molar-refractivity contribution in [1.82, 2.24) is 9.97 Å². The molecule has 0 spiro atoms. The summed E-state index contributed by atoms with van der Waals surface area (Å²) in [6.07, 6.45) is 7.55. The third-order valence-corrected chi connectivity index (χ3v) is 5.47. The van der Waals surface area contributed by atoms with Gasteiger partial charge in [-0.05, 0) is 42.5 Å². The molecule has 4 nitrogen and oxygen atoms in total. The Balaban J connectivity index is 1.43. The van der Waals surface area contributed by atoms with Crippen LogP contribution in [-0.4, -0.2) is 22.9 Å². The molecule has 0 aliphatic carbocycles. The first-order valence-corrected chi connectivity index (χ1v) is 11.8. The fourth-order valence-electron chi connectivity index (χ4n) is 3.58. The smallest absolute Gasteiger partial charge is 0.490 e. The highest BCUT2D eigenvalue weighted by Gasteiger charge is 2.30. The molecule has 7 heteroatoms. The van der Waals surface area contributed by atoms with Crippen molar-refractivity contribution in [3.63, 3.8) is 0 Å². The molecule has 0 aliphatic heterocycles. The summed E-state index contributed by atoms with van der Waals surface area (Å²) in [7, 11) is 0. The van der Waals surface area contributed by atoms with Gasteiger partial charge in [0, 0.05) is 5.56 Å². The summed E-state index contributed by atoms with van der Waals surface area (Å²) in [4.78, 5) is 8.83. The second-order valence-electron chi connectivity index (χ2n) is 8.25. The van der Waals surface area contributed by atoms with Crippen LogP contribution in [0.3, 0.4) is 0 Å². The average molecular weight is 473 g/mol. The summed E-state index contributed by atoms with van der Waals surface area (Å²) < 4.78 is 46.4. The number of hydrogen-bond acceptors (Lipinski definition) is 4. The third kappa shape index (κ3) is 9.04. The standard InChI is InChI=1S/C27H31F3N2O2/c1-2-3-4-5-6-7-18-33-25-19-31-26(32-20-25)23-14-10-21(11-15-23)8-9-22-12-16-24(17-13-22)34-27(28,29)30/h10-17,19-20H,2-9,18H2,1H3. The van der Waals surface area contributed by atoms with Crippen LogP contribution in [0.2, 0.25) is 0 Å². The van der Waals surface area contributed by atoms with Gasteiger partial charge in [0.05, 0.1) is 19.0 Å². The summed E-state index contributed by atoms with van der Waals surface area (Å²) in [5, 5.41) is 0. The first kappa shape index (κ1) is 25.5. The van der Waals surface area contributed by atoms with Crippen molar-refractivity contribution in [2.45, 2.75) is 64.7 Å². The van der Waals surface area contributed by atoms with E-state index in [1.807, 2.05) is 24.3 Å². The van der Waals surface area contributed by atoms with Crippen LogP contribution in [0.25, 0.3) is 11.4 Å². The van der Waals surface area contributed by atoms with Gasteiger partial charge in [-0.2, -0.15) is 0 Å². The van der Waals surface area contributed by atoms with Crippen molar-refractivity contribution in [2.24, 2.45) is 0 Å². The van der Waals surface area contributed by atoms with Gasteiger partial charge in [0.1, 0.15) is 5.75 Å². The van der Waals surface area contributed by atoms with Crippen molar-refractivity contribution in [3.8, 4) is 22.9 Å². The molecule has 3 rings (SSSR count). The molecule has 182 valence electrons. The van der Waals surface area contributed by atoms with E-state index in [2.05, 4.69) is 21.6 Å². The van der Waals surface area contributed by atoms with Gasteiger partial charge in [-0.15, -0.1) is 13.2 Å². The predicted octanol–water partition coefficient (Wildman–Crippen LogP) is 7.57. The lowest BCUT2D eigenvalue weighted by Crippen LogP contribution is -2.17. The van der Waals surface area contributed by atoms with E-state index < -0.39 is 6.36 Å². The molecule has 0 bridgehead atoms. The molecule has 0 radical (unpaired) electrons. The van der Waals surface area contributed by atoms with Crippen molar-refractivity contribution in [1.29, 1.82) is 0 Å². The molecule has 0 N–H and O–H groups in total. The highest BCUT2D eigenvalue weighted by atomic mass is 19.4. The fraction of sp³-hybridized carbons (Fsp3) is 0.407. The van der Waals surface area contributed by atoms with Gasteiger partial charge < -0.3 is 9.47 Å². The van der Waals surface area contributed by atoms with E-state index in [4.69, 9.17) is 4.74 Å². The van der Waals surface area contributed by atoms with Crippen LogP contribution in [0.1, 0.15) is 56.6 Å². The first-order chi connectivity index (χ1) is 16.4. The maximum atomic E-state index is 12.3. The lowest BCUT2D eigenvalue weighted by atomic mass is 10.0. The van der Waals surface area contributed by atoms with Gasteiger partial charge in [0.15, 0.2) is 11.6 Å². The van der Waals surface area contributed by atoms with Crippen LogP contribution in [0, 0.1) is 0 Å². The van der Waals surface area contributed by atoms with Crippen molar-refractivity contribution in [2.75, 3.05) is 6.61 Å². The number of halogens is 3. The van der Waals surface area contributed by atoms with E-state index in [0.29, 0.717) is 24.6 Å². The SMILES string of the molecule is CCCCCCCCOc1cnc(-c2ccc(CCc3ccc(OC(F)(F)F)cc3)cc2)nc1. The Morgan fingerprint density at radius 1 is 0.706 bits per heavy atom. The van der Waals surface area contributed by atoms with E-state index in [0.717, 1.165) is 29.5 Å². The van der Waals surface area contributed by atoms with Crippen LogP contribution >= 0.6 is 0 Å². The van der Waals surface area contributed by atoms with Gasteiger partial charge in [0.2, 0.25) is 0 Å². The number of hydrogen-bond donors (Lipinski definition) is 0. The molecular formula is C27H31F3N2O2. The Hall–Kier alpha value is -3.09. The second kappa shape index (κ2) is 13.0. The van der Waals surface area contributed by atoms with E-state index in [-0.39, 0.29) is 5.75 Å². The highest BCUT2D eigenvalue weighted by molar-refractivity contribution is 5.55. The Morgan fingerprint density at radius 3 is 1.85 bits per heavy atom. The molecule has 2 aromatic carbocycles. The molecule has 0 aliphatic rings. The Labute approximate surface area is 199 Å². The number of aromatic nitrogens is 2. The van der Waals surface area contributed by atoms with E-state index in [1.165, 1.54) is 44.2 Å². The van der Waals surface area contributed by atoms with E-state index >= 15 is 0 Å². The quantitative estimate of drug-likeness (QED) is 0.241. The average Bonchev–Trinajstić information content (AvgIpc) is 2.83. The Morgan fingerprint density at radius 2 is 1.26 bits per heavy atom. The van der Waals surface area contributed by atoms with Crippen molar-refractivity contribution in [3.05, 3.63) is 72.1 Å². The molecule has 0 fully saturated rings. The summed E-state index contributed by atoms with van der Waals surface area (Å²) >= 11 is 0. The maximum Gasteiger partial charge on any atom is 0.573 e. The number of nitrogens with zero attached hydrogens (tertiary/aromatic N) is 2. The zero-order chi connectivity index (χ0) is 24.2. The van der Waals surface area contributed by atoms with E-state index in [1.54, 1.807) is 24.5 Å². The monoisotopic (exact) mass is 472 g/mol. The molecule has 0 atom stereocenters. The summed E-state index contributed by atoms with van der Waals surface area (Å²) in [6, 6.07) is 14.0. The minimum atomic E-state index is -4.67. The number of rotatable bonds is 13. The summed E-state index contributed by atoms with van der Waals surface area (Å²) in [5.74, 6) is 1.11. The van der Waals surface area contributed by atoms with Crippen LogP contribution in [0.5, 0.6) is 11.5 Å². The second-order valence-corrected chi connectivity index (χ2v) is 8.25. The fourth-order valence-corrected chi connectivity index (χ4v) is 3.58. The van der Waals surface area contributed by atoms with Gasteiger partial charge in [-0.25, -0.2) is 9.97 Å². The van der Waals surface area contributed by atoms with Gasteiger partial charge in [-0.3, -0.25) is 0 Å². The first-order valence-electron chi connectivity index (χ1n) is 11.8. The molecule has 0 saturated heterocycles. The molecule has 0 saturated carbocycles. The van der Waals surface area contributed by atoms with E-state index in [9.17, 15) is 13.2 Å². The number of benzene rings is 2. The largest absolute Gasteiger partial charge is 0.573 e. The molecule has 0 unspecified atom stereocenters. The zero-order valence-electron chi connectivity index (χ0n) is 19.5. The molecule has 34 heavy (non-hydrogen) atoms. The molecule has 0 amide bonds. The third-order valence-electron chi connectivity index (χ3n) is 5.47. The Bertz CT molecular complexity index is 973. The number of aryl methyl sites for hydroxylation is 2. The number of unbranched alkanes of at least 4 members (excludes halogenated alkanes) is 5. The van der Waals surface area contributed by atoms with Crippen molar-refractivity contribution >= 4 is 0 Å². The lowest BCUT2D eigenvalue weighted by Gasteiger charge is -2.09. The molecule has 1 aromatic heterocycles. The number of alkyl halides is 3. The molecule has 3 aromatic rings.